The molecular formula is C17H13NO5. The Morgan fingerprint density at radius 1 is 1.04 bits per heavy atom. The molecule has 0 bridgehead atoms. The zero-order valence-corrected chi connectivity index (χ0v) is 12.8. The number of carbonyl (C=O) groups is 2. The van der Waals surface area contributed by atoms with Crippen LogP contribution in [0.4, 0.5) is 5.69 Å². The highest BCUT2D eigenvalue weighted by atomic mass is 16.6. The molecule has 0 aliphatic heterocycles. The number of ketones is 2. The molecule has 0 atom stereocenters. The summed E-state index contributed by atoms with van der Waals surface area (Å²) in [4.78, 5) is 36.2. The number of nitro benzene ring substituents is 1. The molecule has 116 valence electrons. The molecule has 0 fully saturated rings. The van der Waals surface area contributed by atoms with Crippen LogP contribution in [-0.4, -0.2) is 23.6 Å². The summed E-state index contributed by atoms with van der Waals surface area (Å²) in [6.07, 6.45) is 0. The van der Waals surface area contributed by atoms with Gasteiger partial charge in [0.2, 0.25) is 5.78 Å². The Labute approximate surface area is 131 Å². The highest BCUT2D eigenvalue weighted by Crippen LogP contribution is 2.38. The van der Waals surface area contributed by atoms with Gasteiger partial charge in [0, 0.05) is 28.3 Å². The van der Waals surface area contributed by atoms with Gasteiger partial charge in [-0.25, -0.2) is 0 Å². The number of methoxy groups -OCH3 is 1. The standard InChI is InChI=1S/C17H13NO5/c1-8-7-11-13(9(2)17(8)23-3)16(20)14-10(15(11)19)5-4-6-12(14)18(21)22/h4-7H,1-3H3. The van der Waals surface area contributed by atoms with E-state index in [1.165, 1.54) is 25.3 Å². The maximum atomic E-state index is 12.9. The van der Waals surface area contributed by atoms with Crippen LogP contribution in [0.15, 0.2) is 24.3 Å². The van der Waals surface area contributed by atoms with E-state index in [9.17, 15) is 19.7 Å². The van der Waals surface area contributed by atoms with E-state index in [1.54, 1.807) is 19.9 Å². The van der Waals surface area contributed by atoms with Crippen molar-refractivity contribution >= 4 is 17.3 Å². The Kier molecular flexibility index (Phi) is 3.25. The summed E-state index contributed by atoms with van der Waals surface area (Å²) in [5, 5.41) is 11.2. The minimum absolute atomic E-state index is 0.0701. The molecular weight excluding hydrogens is 298 g/mol. The van der Waals surface area contributed by atoms with Crippen LogP contribution in [0.1, 0.15) is 43.0 Å². The van der Waals surface area contributed by atoms with Crippen LogP contribution in [0, 0.1) is 24.0 Å². The molecule has 1 aliphatic carbocycles. The van der Waals surface area contributed by atoms with Gasteiger partial charge in [0.15, 0.2) is 5.78 Å². The van der Waals surface area contributed by atoms with Gasteiger partial charge in [-0.05, 0) is 31.5 Å². The number of carbonyl (C=O) groups excluding carboxylic acids is 2. The molecule has 0 N–H and O–H groups in total. The van der Waals surface area contributed by atoms with Gasteiger partial charge >= 0.3 is 0 Å². The van der Waals surface area contributed by atoms with Crippen LogP contribution in [-0.2, 0) is 0 Å². The lowest BCUT2D eigenvalue weighted by molar-refractivity contribution is -0.385. The topological polar surface area (TPSA) is 86.5 Å². The highest BCUT2D eigenvalue weighted by Gasteiger charge is 2.37. The number of benzene rings is 2. The minimum Gasteiger partial charge on any atom is -0.496 e. The van der Waals surface area contributed by atoms with Gasteiger partial charge < -0.3 is 4.74 Å². The van der Waals surface area contributed by atoms with Crippen LogP contribution in [0.5, 0.6) is 5.75 Å². The SMILES string of the molecule is COc1c(C)cc2c(c1C)C(=O)c1c(cccc1[N+](=O)[O-])C2=O. The van der Waals surface area contributed by atoms with Crippen LogP contribution >= 0.6 is 0 Å². The fraction of sp³-hybridized carbons (Fsp3) is 0.176. The molecule has 6 nitrogen and oxygen atoms in total. The third kappa shape index (κ3) is 1.95. The lowest BCUT2D eigenvalue weighted by Gasteiger charge is -2.21. The Balaban J connectivity index is 2.39. The minimum atomic E-state index is -0.643. The van der Waals surface area contributed by atoms with E-state index in [2.05, 4.69) is 0 Å². The molecule has 0 amide bonds. The van der Waals surface area contributed by atoms with Crippen LogP contribution in [0.2, 0.25) is 0 Å². The van der Waals surface area contributed by atoms with Gasteiger partial charge in [-0.1, -0.05) is 6.07 Å². The second kappa shape index (κ2) is 5.01. The zero-order chi connectivity index (χ0) is 16.9. The van der Waals surface area contributed by atoms with Crippen molar-refractivity contribution in [2.24, 2.45) is 0 Å². The predicted molar refractivity (Wildman–Crippen MR) is 82.4 cm³/mol. The van der Waals surface area contributed by atoms with Gasteiger partial charge in [0.25, 0.3) is 5.69 Å². The van der Waals surface area contributed by atoms with Gasteiger partial charge in [-0.3, -0.25) is 19.7 Å². The lowest BCUT2D eigenvalue weighted by atomic mass is 9.80. The molecule has 3 rings (SSSR count). The number of nitro groups is 1. The average Bonchev–Trinajstić information content (AvgIpc) is 2.51. The zero-order valence-electron chi connectivity index (χ0n) is 12.8. The summed E-state index contributed by atoms with van der Waals surface area (Å²) in [5.74, 6) is -0.392. The number of aryl methyl sites for hydroxylation is 1. The fourth-order valence-corrected chi connectivity index (χ4v) is 3.14. The third-order valence-corrected chi connectivity index (χ3v) is 4.09. The van der Waals surface area contributed by atoms with E-state index in [1.807, 2.05) is 0 Å². The lowest BCUT2D eigenvalue weighted by Crippen LogP contribution is -2.24. The first-order valence-corrected chi connectivity index (χ1v) is 6.93. The molecule has 0 radical (unpaired) electrons. The summed E-state index contributed by atoms with van der Waals surface area (Å²) < 4.78 is 5.29. The van der Waals surface area contributed by atoms with Crippen molar-refractivity contribution < 1.29 is 19.2 Å². The van der Waals surface area contributed by atoms with Crippen LogP contribution in [0.3, 0.4) is 0 Å². The van der Waals surface area contributed by atoms with E-state index in [4.69, 9.17) is 4.74 Å². The molecule has 0 saturated carbocycles. The van der Waals surface area contributed by atoms with Gasteiger partial charge in [-0.2, -0.15) is 0 Å². The third-order valence-electron chi connectivity index (χ3n) is 4.09. The van der Waals surface area contributed by atoms with Crippen molar-refractivity contribution in [2.45, 2.75) is 13.8 Å². The van der Waals surface area contributed by atoms with Crippen molar-refractivity contribution in [3.8, 4) is 5.75 Å². The first-order chi connectivity index (χ1) is 10.9. The number of rotatable bonds is 2. The normalized spacial score (nSPS) is 12.7. The van der Waals surface area contributed by atoms with Crippen molar-refractivity contribution in [1.29, 1.82) is 0 Å². The fourth-order valence-electron chi connectivity index (χ4n) is 3.14. The molecule has 0 saturated heterocycles. The molecule has 23 heavy (non-hydrogen) atoms. The maximum absolute atomic E-state index is 12.9. The number of ether oxygens (including phenoxy) is 1. The Bertz CT molecular complexity index is 898. The maximum Gasteiger partial charge on any atom is 0.281 e. The number of fused-ring (bicyclic) bond motifs is 2. The second-order valence-electron chi connectivity index (χ2n) is 5.39. The first kappa shape index (κ1) is 14.9. The molecule has 0 heterocycles. The molecule has 1 aliphatic rings. The molecule has 0 unspecified atom stereocenters. The van der Waals surface area contributed by atoms with E-state index in [0.717, 1.165) is 5.56 Å². The summed E-state index contributed by atoms with van der Waals surface area (Å²) in [6, 6.07) is 5.69. The largest absolute Gasteiger partial charge is 0.496 e. The van der Waals surface area contributed by atoms with Gasteiger partial charge in [-0.15, -0.1) is 0 Å². The first-order valence-electron chi connectivity index (χ1n) is 6.93. The summed E-state index contributed by atoms with van der Waals surface area (Å²) in [6.45, 7) is 3.46. The number of hydrogen-bond acceptors (Lipinski definition) is 5. The smallest absolute Gasteiger partial charge is 0.281 e. The summed E-state index contributed by atoms with van der Waals surface area (Å²) in [5.41, 5.74) is 1.26. The van der Waals surface area contributed by atoms with E-state index >= 15 is 0 Å². The van der Waals surface area contributed by atoms with Crippen LogP contribution < -0.4 is 4.74 Å². The number of hydrogen-bond donors (Lipinski definition) is 0. The Morgan fingerprint density at radius 3 is 2.35 bits per heavy atom. The summed E-state index contributed by atoms with van der Waals surface area (Å²) >= 11 is 0. The van der Waals surface area contributed by atoms with Gasteiger partial charge in [0.1, 0.15) is 11.3 Å². The average molecular weight is 311 g/mol. The number of nitrogens with zero attached hydrogens (tertiary/aromatic N) is 1. The van der Waals surface area contributed by atoms with Crippen molar-refractivity contribution in [3.63, 3.8) is 0 Å². The van der Waals surface area contributed by atoms with Crippen molar-refractivity contribution in [1.82, 2.24) is 0 Å². The van der Waals surface area contributed by atoms with Crippen molar-refractivity contribution in [3.05, 3.63) is 67.8 Å². The summed E-state index contributed by atoms with van der Waals surface area (Å²) in [7, 11) is 1.48. The molecule has 6 heteroatoms. The Morgan fingerprint density at radius 2 is 1.74 bits per heavy atom. The van der Waals surface area contributed by atoms with E-state index < -0.39 is 10.7 Å². The monoisotopic (exact) mass is 311 g/mol. The van der Waals surface area contributed by atoms with Crippen LogP contribution in [0.25, 0.3) is 0 Å². The molecule has 0 spiro atoms. The highest BCUT2D eigenvalue weighted by molar-refractivity contribution is 6.30. The van der Waals surface area contributed by atoms with E-state index in [0.29, 0.717) is 11.3 Å². The quantitative estimate of drug-likeness (QED) is 0.536. The van der Waals surface area contributed by atoms with Gasteiger partial charge in [0.05, 0.1) is 12.0 Å². The van der Waals surface area contributed by atoms with E-state index in [-0.39, 0.29) is 33.7 Å². The molecule has 2 aromatic carbocycles. The predicted octanol–water partition coefficient (Wildman–Crippen LogP) is 3.00. The Hall–Kier alpha value is -3.02. The molecule has 0 aromatic heterocycles. The second-order valence-corrected chi connectivity index (χ2v) is 5.39. The molecule has 2 aromatic rings. The van der Waals surface area contributed by atoms with Crippen molar-refractivity contribution in [2.75, 3.05) is 7.11 Å².